The first-order chi connectivity index (χ1) is 13.3. The molecule has 1 amide bonds. The Bertz CT molecular complexity index is 934. The summed E-state index contributed by atoms with van der Waals surface area (Å²) in [6.07, 6.45) is -2.27. The van der Waals surface area contributed by atoms with E-state index in [1.807, 2.05) is 0 Å². The van der Waals surface area contributed by atoms with Gasteiger partial charge in [-0.15, -0.1) is 0 Å². The number of nitrogens with zero attached hydrogens (tertiary/aromatic N) is 1. The van der Waals surface area contributed by atoms with Crippen LogP contribution in [0.5, 0.6) is 11.5 Å². The van der Waals surface area contributed by atoms with Gasteiger partial charge in [-0.2, -0.15) is 4.39 Å². The van der Waals surface area contributed by atoms with Crippen LogP contribution in [0.25, 0.3) is 0 Å². The molecule has 146 valence electrons. The van der Waals surface area contributed by atoms with Crippen molar-refractivity contribution in [2.45, 2.75) is 19.1 Å². The predicted octanol–water partition coefficient (Wildman–Crippen LogP) is 2.44. The molecular formula is C18H15FN2O7. The van der Waals surface area contributed by atoms with Crippen molar-refractivity contribution in [1.82, 2.24) is 0 Å². The van der Waals surface area contributed by atoms with Crippen LogP contribution in [0.1, 0.15) is 6.92 Å². The molecule has 0 unspecified atom stereocenters. The summed E-state index contributed by atoms with van der Waals surface area (Å²) in [6.45, 7) is 1.25. The zero-order chi connectivity index (χ0) is 20.3. The predicted molar refractivity (Wildman–Crippen MR) is 93.6 cm³/mol. The fraction of sp³-hybridized carbons (Fsp3) is 0.222. The third-order valence-electron chi connectivity index (χ3n) is 3.84. The van der Waals surface area contributed by atoms with E-state index in [2.05, 4.69) is 5.32 Å². The number of ether oxygens (including phenoxy) is 3. The Hall–Kier alpha value is -3.69. The van der Waals surface area contributed by atoms with Gasteiger partial charge in [-0.25, -0.2) is 4.79 Å². The highest BCUT2D eigenvalue weighted by Crippen LogP contribution is 2.31. The zero-order valence-electron chi connectivity index (χ0n) is 14.6. The van der Waals surface area contributed by atoms with Crippen molar-refractivity contribution in [3.05, 3.63) is 58.4 Å². The molecule has 2 aromatic rings. The van der Waals surface area contributed by atoms with E-state index in [9.17, 15) is 24.1 Å². The lowest BCUT2D eigenvalue weighted by atomic mass is 10.2. The number of hydrogen-bond acceptors (Lipinski definition) is 7. The second-order valence-electron chi connectivity index (χ2n) is 5.86. The molecule has 1 heterocycles. The maximum absolute atomic E-state index is 13.4. The van der Waals surface area contributed by atoms with Gasteiger partial charge in [-0.1, -0.05) is 12.1 Å². The molecule has 2 aromatic carbocycles. The number of amides is 1. The second-order valence-corrected chi connectivity index (χ2v) is 5.86. The second kappa shape index (κ2) is 7.91. The van der Waals surface area contributed by atoms with Crippen LogP contribution in [0.15, 0.2) is 42.5 Å². The van der Waals surface area contributed by atoms with Gasteiger partial charge in [0.05, 0.1) is 4.92 Å². The highest BCUT2D eigenvalue weighted by molar-refractivity contribution is 5.95. The van der Waals surface area contributed by atoms with Gasteiger partial charge in [0, 0.05) is 11.8 Å². The van der Waals surface area contributed by atoms with Crippen molar-refractivity contribution in [3.8, 4) is 11.5 Å². The Morgan fingerprint density at radius 3 is 2.71 bits per heavy atom. The van der Waals surface area contributed by atoms with E-state index in [0.717, 1.165) is 18.2 Å². The Balaban J connectivity index is 1.59. The molecule has 0 saturated carbocycles. The Morgan fingerprint density at radius 1 is 1.29 bits per heavy atom. The highest BCUT2D eigenvalue weighted by Gasteiger charge is 2.31. The molecule has 10 heteroatoms. The smallest absolute Gasteiger partial charge is 0.351 e. The number of nitrogens with one attached hydrogen (secondary N) is 1. The minimum absolute atomic E-state index is 0.00724. The van der Waals surface area contributed by atoms with E-state index in [1.165, 1.54) is 6.92 Å². The third-order valence-corrected chi connectivity index (χ3v) is 3.84. The van der Waals surface area contributed by atoms with Crippen molar-refractivity contribution in [2.24, 2.45) is 0 Å². The van der Waals surface area contributed by atoms with Crippen molar-refractivity contribution in [1.29, 1.82) is 0 Å². The SMILES string of the molecule is C[C@H](OC(=O)[C@H]1COc2ccccc2O1)C(=O)Nc1ccc(F)c([N+](=O)[O-])c1. The minimum Gasteiger partial charge on any atom is -0.485 e. The lowest BCUT2D eigenvalue weighted by Gasteiger charge is -2.25. The van der Waals surface area contributed by atoms with Crippen LogP contribution >= 0.6 is 0 Å². The van der Waals surface area contributed by atoms with Crippen molar-refractivity contribution in [3.63, 3.8) is 0 Å². The first-order valence-electron chi connectivity index (χ1n) is 8.19. The van der Waals surface area contributed by atoms with E-state index in [-0.39, 0.29) is 12.3 Å². The fourth-order valence-corrected chi connectivity index (χ4v) is 2.41. The number of rotatable bonds is 5. The molecule has 0 radical (unpaired) electrons. The quantitative estimate of drug-likeness (QED) is 0.473. The van der Waals surface area contributed by atoms with Crippen LogP contribution in [-0.2, 0) is 14.3 Å². The van der Waals surface area contributed by atoms with Crippen LogP contribution in [0, 0.1) is 15.9 Å². The number of fused-ring (bicyclic) bond motifs is 1. The molecule has 0 aliphatic carbocycles. The van der Waals surface area contributed by atoms with Gasteiger partial charge in [0.2, 0.25) is 11.9 Å². The topological polar surface area (TPSA) is 117 Å². The van der Waals surface area contributed by atoms with Crippen molar-refractivity contribution >= 4 is 23.3 Å². The summed E-state index contributed by atoms with van der Waals surface area (Å²) in [7, 11) is 0. The van der Waals surface area contributed by atoms with Crippen LogP contribution in [-0.4, -0.2) is 35.6 Å². The van der Waals surface area contributed by atoms with Gasteiger partial charge in [-0.3, -0.25) is 14.9 Å². The van der Waals surface area contributed by atoms with Crippen LogP contribution in [0.3, 0.4) is 0 Å². The maximum Gasteiger partial charge on any atom is 0.351 e. The number of anilines is 1. The number of carbonyl (C=O) groups is 2. The monoisotopic (exact) mass is 390 g/mol. The van der Waals surface area contributed by atoms with E-state index in [0.29, 0.717) is 11.5 Å². The highest BCUT2D eigenvalue weighted by atomic mass is 19.1. The van der Waals surface area contributed by atoms with Gasteiger partial charge >= 0.3 is 11.7 Å². The van der Waals surface area contributed by atoms with Gasteiger partial charge < -0.3 is 19.5 Å². The molecule has 0 bridgehead atoms. The van der Waals surface area contributed by atoms with E-state index in [1.54, 1.807) is 24.3 Å². The molecular weight excluding hydrogens is 375 g/mol. The van der Waals surface area contributed by atoms with Crippen LogP contribution in [0.4, 0.5) is 15.8 Å². The minimum atomic E-state index is -1.22. The lowest BCUT2D eigenvalue weighted by molar-refractivity contribution is -0.387. The van der Waals surface area contributed by atoms with Gasteiger partial charge in [0.15, 0.2) is 17.6 Å². The third kappa shape index (κ3) is 4.17. The molecule has 28 heavy (non-hydrogen) atoms. The molecule has 3 rings (SSSR count). The molecule has 2 atom stereocenters. The fourth-order valence-electron chi connectivity index (χ4n) is 2.41. The molecule has 0 aromatic heterocycles. The van der Waals surface area contributed by atoms with Gasteiger partial charge in [0.1, 0.15) is 6.61 Å². The van der Waals surface area contributed by atoms with Crippen molar-refractivity contribution in [2.75, 3.05) is 11.9 Å². The van der Waals surface area contributed by atoms with Gasteiger partial charge in [-0.05, 0) is 31.2 Å². The number of halogens is 1. The number of para-hydroxylation sites is 2. The lowest BCUT2D eigenvalue weighted by Crippen LogP contribution is -2.41. The van der Waals surface area contributed by atoms with Crippen molar-refractivity contribution < 1.29 is 33.1 Å². The van der Waals surface area contributed by atoms with E-state index >= 15 is 0 Å². The van der Waals surface area contributed by atoms with Crippen LogP contribution < -0.4 is 14.8 Å². The summed E-state index contributed by atoms with van der Waals surface area (Å²) >= 11 is 0. The summed E-state index contributed by atoms with van der Waals surface area (Å²) < 4.78 is 29.3. The summed E-state index contributed by atoms with van der Waals surface area (Å²) in [5, 5.41) is 13.1. The first kappa shape index (κ1) is 19.1. The number of carbonyl (C=O) groups excluding carboxylic acids is 2. The zero-order valence-corrected chi connectivity index (χ0v) is 14.6. The molecule has 9 nitrogen and oxygen atoms in total. The van der Waals surface area contributed by atoms with Gasteiger partial charge in [0.25, 0.3) is 5.91 Å². The molecule has 0 saturated heterocycles. The average Bonchev–Trinajstić information content (AvgIpc) is 2.68. The standard InChI is InChI=1S/C18H15FN2O7/c1-10(17(22)20-11-6-7-12(19)13(8-11)21(24)25)27-18(23)16-9-26-14-4-2-3-5-15(14)28-16/h2-8,10,16H,9H2,1H3,(H,20,22)/t10-,16+/m0/s1. The number of nitro groups is 1. The average molecular weight is 390 g/mol. The number of nitro benzene ring substituents is 1. The molecule has 0 fully saturated rings. The van der Waals surface area contributed by atoms with E-state index < -0.39 is 40.5 Å². The van der Waals surface area contributed by atoms with E-state index in [4.69, 9.17) is 14.2 Å². The maximum atomic E-state index is 13.4. The normalized spacial score (nSPS) is 16.0. The molecule has 1 N–H and O–H groups in total. The summed E-state index contributed by atoms with van der Waals surface area (Å²) in [5.74, 6) is -1.70. The largest absolute Gasteiger partial charge is 0.485 e. The number of benzene rings is 2. The first-order valence-corrected chi connectivity index (χ1v) is 8.19. The summed E-state index contributed by atoms with van der Waals surface area (Å²) in [6, 6.07) is 9.68. The Kier molecular flexibility index (Phi) is 5.39. The number of hydrogen-bond donors (Lipinski definition) is 1. The molecule has 1 aliphatic heterocycles. The Labute approximate surface area is 158 Å². The summed E-state index contributed by atoms with van der Waals surface area (Å²) in [4.78, 5) is 34.2. The molecule has 1 aliphatic rings. The summed E-state index contributed by atoms with van der Waals surface area (Å²) in [5.41, 5.74) is -0.791. The molecule has 0 spiro atoms. The number of esters is 1. The van der Waals surface area contributed by atoms with Crippen LogP contribution in [0.2, 0.25) is 0 Å². The Morgan fingerprint density at radius 2 is 2.00 bits per heavy atom.